The minimum absolute atomic E-state index is 0.0223. The first kappa shape index (κ1) is 17.9. The van der Waals surface area contributed by atoms with Crippen molar-refractivity contribution in [3.63, 3.8) is 0 Å². The number of amidine groups is 1. The summed E-state index contributed by atoms with van der Waals surface area (Å²) in [6.07, 6.45) is 13.2. The van der Waals surface area contributed by atoms with Crippen molar-refractivity contribution in [3.05, 3.63) is 65.2 Å². The fourth-order valence-corrected chi connectivity index (χ4v) is 4.31. The summed E-state index contributed by atoms with van der Waals surface area (Å²) in [6.45, 7) is 3.95. The van der Waals surface area contributed by atoms with E-state index >= 15 is 0 Å². The normalized spacial score (nSPS) is 21.7. The maximum atomic E-state index is 12.6. The monoisotopic (exact) mass is 393 g/mol. The number of aliphatic imine (C=N–C) groups is 1. The molecule has 4 rings (SSSR count). The van der Waals surface area contributed by atoms with E-state index in [1.807, 2.05) is 30.4 Å². The molecule has 1 aromatic carbocycles. The number of thiazole rings is 1. The summed E-state index contributed by atoms with van der Waals surface area (Å²) in [6, 6.07) is 3.86. The Balaban J connectivity index is 1.55. The summed E-state index contributed by atoms with van der Waals surface area (Å²) < 4.78 is 1.07. The Bertz CT molecular complexity index is 1090. The molecule has 1 heterocycles. The highest BCUT2D eigenvalue weighted by atomic mass is 32.1. The van der Waals surface area contributed by atoms with Crippen LogP contribution in [0, 0.1) is 5.41 Å². The lowest BCUT2D eigenvalue weighted by molar-refractivity contribution is -0.115. The largest absolute Gasteiger partial charge is 0.310 e. The first-order valence-corrected chi connectivity index (χ1v) is 9.99. The lowest BCUT2D eigenvalue weighted by Gasteiger charge is -2.31. The molecule has 2 aromatic rings. The maximum Gasteiger partial charge on any atom is 0.256 e. The molecule has 0 saturated carbocycles. The molecule has 6 heteroatoms. The first-order valence-electron chi connectivity index (χ1n) is 8.66. The van der Waals surface area contributed by atoms with Crippen LogP contribution in [-0.4, -0.2) is 16.7 Å². The lowest BCUT2D eigenvalue weighted by atomic mass is 9.73. The topological polar surface area (TPSA) is 54.4 Å². The van der Waals surface area contributed by atoms with Crippen LogP contribution >= 0.6 is 24.0 Å². The van der Waals surface area contributed by atoms with Crippen LogP contribution in [0.25, 0.3) is 10.2 Å². The van der Waals surface area contributed by atoms with E-state index in [0.717, 1.165) is 22.2 Å². The Labute approximate surface area is 167 Å². The summed E-state index contributed by atoms with van der Waals surface area (Å²) in [7, 11) is 0. The van der Waals surface area contributed by atoms with Crippen LogP contribution in [0.2, 0.25) is 0 Å². The van der Waals surface area contributed by atoms with Crippen LogP contribution in [0.1, 0.15) is 20.3 Å². The molecule has 2 aliphatic carbocycles. The fourth-order valence-electron chi connectivity index (χ4n) is 3.24. The lowest BCUT2D eigenvalue weighted by Crippen LogP contribution is -2.31. The average Bonchev–Trinajstić information content (AvgIpc) is 3.12. The number of nitrogens with zero attached hydrogens (tertiary/aromatic N) is 2. The molecule has 0 fully saturated rings. The number of aromatic nitrogens is 1. The number of benzene rings is 1. The summed E-state index contributed by atoms with van der Waals surface area (Å²) >= 11 is 6.11. The molecule has 1 atom stereocenters. The third-order valence-corrected chi connectivity index (χ3v) is 6.09. The number of thiol groups is 1. The van der Waals surface area contributed by atoms with Crippen molar-refractivity contribution in [2.75, 3.05) is 0 Å². The molecule has 0 saturated heterocycles. The molecule has 4 nitrogen and oxygen atoms in total. The molecule has 0 spiro atoms. The predicted molar refractivity (Wildman–Crippen MR) is 115 cm³/mol. The number of fused-ring (bicyclic) bond motifs is 2. The summed E-state index contributed by atoms with van der Waals surface area (Å²) in [5, 5.41) is 2.87. The minimum atomic E-state index is -0.166. The van der Waals surface area contributed by atoms with Gasteiger partial charge >= 0.3 is 0 Å². The molecule has 27 heavy (non-hydrogen) atoms. The third-order valence-electron chi connectivity index (χ3n) is 4.85. The molecule has 1 amide bonds. The van der Waals surface area contributed by atoms with Crippen molar-refractivity contribution in [2.24, 2.45) is 10.4 Å². The van der Waals surface area contributed by atoms with Crippen molar-refractivity contribution in [3.8, 4) is 0 Å². The Morgan fingerprint density at radius 2 is 2.26 bits per heavy atom. The number of allylic oxidation sites excluding steroid dienone is 6. The molecule has 0 aliphatic heterocycles. The van der Waals surface area contributed by atoms with E-state index in [2.05, 4.69) is 53.1 Å². The van der Waals surface area contributed by atoms with Crippen molar-refractivity contribution in [1.29, 1.82) is 0 Å². The van der Waals surface area contributed by atoms with Gasteiger partial charge in [-0.3, -0.25) is 4.79 Å². The van der Waals surface area contributed by atoms with Gasteiger partial charge in [0.15, 0.2) is 0 Å². The second-order valence-electron chi connectivity index (χ2n) is 6.89. The Hall–Kier alpha value is -2.44. The maximum absolute atomic E-state index is 12.6. The Morgan fingerprint density at radius 1 is 1.41 bits per heavy atom. The van der Waals surface area contributed by atoms with E-state index in [4.69, 9.17) is 0 Å². The average molecular weight is 394 g/mol. The summed E-state index contributed by atoms with van der Waals surface area (Å²) in [5.74, 6) is 0.352. The molecule has 1 unspecified atom stereocenters. The molecule has 1 aromatic heterocycles. The minimum Gasteiger partial charge on any atom is -0.310 e. The summed E-state index contributed by atoms with van der Waals surface area (Å²) in [4.78, 5) is 22.2. The van der Waals surface area contributed by atoms with E-state index < -0.39 is 0 Å². The summed E-state index contributed by atoms with van der Waals surface area (Å²) in [5.41, 5.74) is 5.07. The van der Waals surface area contributed by atoms with Gasteiger partial charge in [-0.15, -0.1) is 24.0 Å². The number of carbonyl (C=O) groups excluding carboxylic acids is 1. The highest BCUT2D eigenvalue weighted by Crippen LogP contribution is 2.40. The molecular weight excluding hydrogens is 374 g/mol. The van der Waals surface area contributed by atoms with Gasteiger partial charge in [-0.05, 0) is 37.1 Å². The number of carbonyl (C=O) groups is 1. The highest BCUT2D eigenvalue weighted by Gasteiger charge is 2.29. The number of hydrogen-bond donors (Lipinski definition) is 2. The second kappa shape index (κ2) is 6.94. The molecule has 0 radical (unpaired) electrons. The van der Waals surface area contributed by atoms with Crippen molar-refractivity contribution >= 4 is 51.6 Å². The van der Waals surface area contributed by atoms with Crippen molar-refractivity contribution in [1.82, 2.24) is 10.3 Å². The van der Waals surface area contributed by atoms with E-state index in [1.165, 1.54) is 0 Å². The first-order chi connectivity index (χ1) is 13.0. The highest BCUT2D eigenvalue weighted by molar-refractivity contribution is 7.80. The molecule has 1 N–H and O–H groups in total. The van der Waals surface area contributed by atoms with E-state index in [9.17, 15) is 4.79 Å². The molecule has 136 valence electrons. The standard InChI is InChI=1S/C21H19N3OS2/c1-13(23-16-6-7-17-18(19(16)26)22-12-27-17)24-20(25)14-8-10-21(2)9-4-3-5-15(21)11-14/h3-8,10-12,26H,9H2,1-2H3,(H,23,24,25). The molecule has 2 aliphatic rings. The van der Waals surface area contributed by atoms with Gasteiger partial charge < -0.3 is 5.32 Å². The molecular formula is C21H19N3OS2. The zero-order chi connectivity index (χ0) is 19.0. The van der Waals surface area contributed by atoms with Crippen LogP contribution in [-0.2, 0) is 4.79 Å². The van der Waals surface area contributed by atoms with E-state index in [0.29, 0.717) is 22.0 Å². The van der Waals surface area contributed by atoms with Gasteiger partial charge in [0, 0.05) is 11.0 Å². The fraction of sp³-hybridized carbons (Fsp3) is 0.190. The zero-order valence-electron chi connectivity index (χ0n) is 15.1. The van der Waals surface area contributed by atoms with Crippen molar-refractivity contribution in [2.45, 2.75) is 25.2 Å². The quantitative estimate of drug-likeness (QED) is 0.422. The van der Waals surface area contributed by atoms with Gasteiger partial charge in [-0.25, -0.2) is 9.98 Å². The van der Waals surface area contributed by atoms with Crippen LogP contribution in [0.5, 0.6) is 0 Å². The number of rotatable bonds is 2. The van der Waals surface area contributed by atoms with Gasteiger partial charge in [-0.2, -0.15) is 0 Å². The smallest absolute Gasteiger partial charge is 0.256 e. The van der Waals surface area contributed by atoms with Gasteiger partial charge in [-0.1, -0.05) is 37.3 Å². The van der Waals surface area contributed by atoms with Crippen LogP contribution < -0.4 is 5.32 Å². The van der Waals surface area contributed by atoms with Crippen LogP contribution in [0.3, 0.4) is 0 Å². The van der Waals surface area contributed by atoms with Crippen LogP contribution in [0.15, 0.2) is 75.1 Å². The van der Waals surface area contributed by atoms with Gasteiger partial charge in [0.2, 0.25) is 0 Å². The van der Waals surface area contributed by atoms with Gasteiger partial charge in [0.1, 0.15) is 5.84 Å². The van der Waals surface area contributed by atoms with E-state index in [-0.39, 0.29) is 11.3 Å². The third kappa shape index (κ3) is 3.42. The predicted octanol–water partition coefficient (Wildman–Crippen LogP) is 5.14. The van der Waals surface area contributed by atoms with Gasteiger partial charge in [0.25, 0.3) is 5.91 Å². The Kier molecular flexibility index (Phi) is 4.61. The Morgan fingerprint density at radius 3 is 3.11 bits per heavy atom. The van der Waals surface area contributed by atoms with Crippen LogP contribution in [0.4, 0.5) is 5.69 Å². The van der Waals surface area contributed by atoms with Gasteiger partial charge in [0.05, 0.1) is 26.3 Å². The number of amides is 1. The second-order valence-corrected chi connectivity index (χ2v) is 8.22. The number of nitrogens with one attached hydrogen (secondary N) is 1. The van der Waals surface area contributed by atoms with E-state index in [1.54, 1.807) is 23.8 Å². The molecule has 0 bridgehead atoms. The number of hydrogen-bond acceptors (Lipinski definition) is 5. The zero-order valence-corrected chi connectivity index (χ0v) is 16.8. The van der Waals surface area contributed by atoms with Crippen molar-refractivity contribution < 1.29 is 4.79 Å². The SMILES string of the molecule is CC(=Nc1ccc2scnc2c1S)NC(=O)C1=CC2=CC=CCC2(C)C=C1.